The van der Waals surface area contributed by atoms with Gasteiger partial charge in [-0.1, -0.05) is 0 Å². The van der Waals surface area contributed by atoms with E-state index in [1.165, 1.54) is 65.1 Å². The van der Waals surface area contributed by atoms with E-state index in [4.69, 9.17) is 4.99 Å². The molecule has 0 aliphatic carbocycles. The highest BCUT2D eigenvalue weighted by Crippen LogP contribution is 2.12. The molecule has 0 saturated carbocycles. The Bertz CT molecular complexity index is 409. The van der Waals surface area contributed by atoms with Crippen LogP contribution in [0.25, 0.3) is 0 Å². The van der Waals surface area contributed by atoms with E-state index in [-0.39, 0.29) is 24.0 Å². The largest absolute Gasteiger partial charge is 0.357 e. The Labute approximate surface area is 184 Å². The molecule has 0 amide bonds. The van der Waals surface area contributed by atoms with Gasteiger partial charge in [0.25, 0.3) is 0 Å². The molecule has 0 unspecified atom stereocenters. The highest BCUT2D eigenvalue weighted by Gasteiger charge is 2.21. The zero-order valence-electron chi connectivity index (χ0n) is 18.0. The van der Waals surface area contributed by atoms with Crippen molar-refractivity contribution >= 4 is 29.9 Å². The van der Waals surface area contributed by atoms with Gasteiger partial charge in [0.05, 0.1) is 0 Å². The molecule has 7 heteroatoms. The molecule has 2 heterocycles. The second-order valence-corrected chi connectivity index (χ2v) is 8.16. The summed E-state index contributed by atoms with van der Waals surface area (Å²) in [5, 5.41) is 7.09. The van der Waals surface area contributed by atoms with Gasteiger partial charge in [-0.15, -0.1) is 24.0 Å². The van der Waals surface area contributed by atoms with Crippen LogP contribution in [-0.4, -0.2) is 98.7 Å². The van der Waals surface area contributed by atoms with E-state index in [1.54, 1.807) is 0 Å². The smallest absolute Gasteiger partial charge is 0.191 e. The fourth-order valence-corrected chi connectivity index (χ4v) is 3.88. The van der Waals surface area contributed by atoms with Crippen LogP contribution in [0.3, 0.4) is 0 Å². The Morgan fingerprint density at radius 2 is 1.81 bits per heavy atom. The van der Waals surface area contributed by atoms with Crippen molar-refractivity contribution in [2.45, 2.75) is 58.5 Å². The van der Waals surface area contributed by atoms with Crippen molar-refractivity contribution in [3.63, 3.8) is 0 Å². The molecule has 0 aromatic heterocycles. The number of likely N-dealkylation sites (N-methyl/N-ethyl adjacent to an activating group) is 1. The molecule has 0 radical (unpaired) electrons. The molecule has 0 spiro atoms. The number of rotatable bonds is 7. The van der Waals surface area contributed by atoms with Gasteiger partial charge in [0.15, 0.2) is 5.96 Å². The lowest BCUT2D eigenvalue weighted by Gasteiger charge is -2.35. The molecule has 0 aromatic rings. The third-order valence-electron chi connectivity index (χ3n) is 5.66. The van der Waals surface area contributed by atoms with Crippen LogP contribution < -0.4 is 10.6 Å². The Morgan fingerprint density at radius 3 is 2.48 bits per heavy atom. The maximum atomic E-state index is 4.83. The summed E-state index contributed by atoms with van der Waals surface area (Å²) in [5.41, 5.74) is 0. The predicted octanol–water partition coefficient (Wildman–Crippen LogP) is 2.06. The Kier molecular flexibility index (Phi) is 12.9. The molecule has 2 fully saturated rings. The number of piperidine rings is 1. The van der Waals surface area contributed by atoms with E-state index in [0.29, 0.717) is 12.1 Å². The average Bonchev–Trinajstić information content (AvgIpc) is 2.83. The Morgan fingerprint density at radius 1 is 1.07 bits per heavy atom. The van der Waals surface area contributed by atoms with Crippen molar-refractivity contribution in [3.8, 4) is 0 Å². The van der Waals surface area contributed by atoms with Gasteiger partial charge < -0.3 is 25.3 Å². The predicted molar refractivity (Wildman–Crippen MR) is 127 cm³/mol. The van der Waals surface area contributed by atoms with Crippen molar-refractivity contribution in [1.82, 2.24) is 25.3 Å². The van der Waals surface area contributed by atoms with Crippen molar-refractivity contribution in [3.05, 3.63) is 0 Å². The Balaban J connectivity index is 0.00000364. The summed E-state index contributed by atoms with van der Waals surface area (Å²) in [4.78, 5) is 12.4. The van der Waals surface area contributed by atoms with E-state index in [2.05, 4.69) is 53.2 Å². The molecule has 160 valence electrons. The first kappa shape index (κ1) is 24.9. The highest BCUT2D eigenvalue weighted by molar-refractivity contribution is 14.0. The minimum Gasteiger partial charge on any atom is -0.357 e. The van der Waals surface area contributed by atoms with Gasteiger partial charge >= 0.3 is 0 Å². The molecule has 0 atom stereocenters. The second kappa shape index (κ2) is 14.0. The number of likely N-dealkylation sites (tertiary alicyclic amines) is 1. The topological polar surface area (TPSA) is 46.1 Å². The second-order valence-electron chi connectivity index (χ2n) is 8.16. The molecule has 2 rings (SSSR count). The fraction of sp³-hybridized carbons (Fsp3) is 0.950. The quantitative estimate of drug-likeness (QED) is 0.246. The summed E-state index contributed by atoms with van der Waals surface area (Å²) in [5.74, 6) is 1.01. The molecule has 2 saturated heterocycles. The number of guanidine groups is 1. The first-order valence-electron chi connectivity index (χ1n) is 10.8. The van der Waals surface area contributed by atoms with Crippen molar-refractivity contribution in [2.75, 3.05) is 66.0 Å². The zero-order chi connectivity index (χ0) is 18.8. The van der Waals surface area contributed by atoms with Crippen molar-refractivity contribution in [1.29, 1.82) is 0 Å². The molecule has 6 nitrogen and oxygen atoms in total. The van der Waals surface area contributed by atoms with E-state index < -0.39 is 0 Å². The lowest BCUT2D eigenvalue weighted by Crippen LogP contribution is -2.49. The zero-order valence-corrected chi connectivity index (χ0v) is 20.4. The minimum atomic E-state index is 0. The van der Waals surface area contributed by atoms with Gasteiger partial charge in [-0.05, 0) is 73.1 Å². The van der Waals surface area contributed by atoms with Gasteiger partial charge in [-0.2, -0.15) is 0 Å². The summed E-state index contributed by atoms with van der Waals surface area (Å²) < 4.78 is 0. The Hall–Kier alpha value is -0.120. The van der Waals surface area contributed by atoms with E-state index in [1.807, 2.05) is 0 Å². The molecule has 2 N–H and O–H groups in total. The normalized spacial score (nSPS) is 21.7. The SMILES string of the molecule is CCNC(=NCCCN1CCCN(C)CC1)NC1CCN(C(C)C)CC1.I. The van der Waals surface area contributed by atoms with E-state index in [9.17, 15) is 0 Å². The summed E-state index contributed by atoms with van der Waals surface area (Å²) in [6.45, 7) is 17.0. The summed E-state index contributed by atoms with van der Waals surface area (Å²) in [7, 11) is 2.23. The van der Waals surface area contributed by atoms with E-state index >= 15 is 0 Å². The number of hydrogen-bond donors (Lipinski definition) is 2. The van der Waals surface area contributed by atoms with E-state index in [0.717, 1.165) is 25.5 Å². The fourth-order valence-electron chi connectivity index (χ4n) is 3.88. The molecule has 0 aromatic carbocycles. The first-order chi connectivity index (χ1) is 12.6. The van der Waals surface area contributed by atoms with Gasteiger partial charge in [-0.25, -0.2) is 0 Å². The van der Waals surface area contributed by atoms with Gasteiger partial charge in [-0.3, -0.25) is 4.99 Å². The molecule has 27 heavy (non-hydrogen) atoms. The van der Waals surface area contributed by atoms with Crippen LogP contribution in [0.4, 0.5) is 0 Å². The van der Waals surface area contributed by atoms with Crippen LogP contribution >= 0.6 is 24.0 Å². The van der Waals surface area contributed by atoms with Gasteiger partial charge in [0.2, 0.25) is 0 Å². The third-order valence-corrected chi connectivity index (χ3v) is 5.66. The third kappa shape index (κ3) is 9.76. The molecule has 2 aliphatic heterocycles. The van der Waals surface area contributed by atoms with Crippen molar-refractivity contribution < 1.29 is 0 Å². The highest BCUT2D eigenvalue weighted by atomic mass is 127. The number of aliphatic imine (C=N–C) groups is 1. The summed E-state index contributed by atoms with van der Waals surface area (Å²) in [6.07, 6.45) is 4.86. The van der Waals surface area contributed by atoms with Crippen LogP contribution in [0.15, 0.2) is 4.99 Å². The van der Waals surface area contributed by atoms with Crippen LogP contribution in [0, 0.1) is 0 Å². The number of hydrogen-bond acceptors (Lipinski definition) is 4. The van der Waals surface area contributed by atoms with Crippen LogP contribution in [0.1, 0.15) is 46.5 Å². The minimum absolute atomic E-state index is 0. The molecular weight excluding hydrogens is 451 g/mol. The van der Waals surface area contributed by atoms with Crippen LogP contribution in [0.2, 0.25) is 0 Å². The molecule has 0 bridgehead atoms. The number of halogens is 1. The molecular formula is C20H43IN6. The number of nitrogens with zero attached hydrogens (tertiary/aromatic N) is 4. The first-order valence-corrected chi connectivity index (χ1v) is 10.8. The monoisotopic (exact) mass is 494 g/mol. The van der Waals surface area contributed by atoms with Gasteiger partial charge in [0, 0.05) is 51.4 Å². The van der Waals surface area contributed by atoms with Gasteiger partial charge in [0.1, 0.15) is 0 Å². The maximum Gasteiger partial charge on any atom is 0.191 e. The average molecular weight is 495 g/mol. The summed E-state index contributed by atoms with van der Waals surface area (Å²) in [6, 6.07) is 1.22. The van der Waals surface area contributed by atoms with Crippen molar-refractivity contribution in [2.24, 2.45) is 4.99 Å². The number of nitrogens with one attached hydrogen (secondary N) is 2. The van der Waals surface area contributed by atoms with Crippen LogP contribution in [-0.2, 0) is 0 Å². The van der Waals surface area contributed by atoms with Crippen LogP contribution in [0.5, 0.6) is 0 Å². The summed E-state index contributed by atoms with van der Waals surface area (Å²) >= 11 is 0. The standard InChI is InChI=1S/C20H42N6.HI/c1-5-21-20(23-19-8-14-26(15-9-19)18(2)3)22-10-6-12-25-13-7-11-24(4)16-17-25;/h18-19H,5-17H2,1-4H3,(H2,21,22,23);1H. The lowest BCUT2D eigenvalue weighted by molar-refractivity contribution is 0.167. The lowest BCUT2D eigenvalue weighted by atomic mass is 10.0. The molecule has 2 aliphatic rings. The maximum absolute atomic E-state index is 4.83.